The fourth-order valence-electron chi connectivity index (χ4n) is 1.22. The standard InChI is InChI=1S/C11H15N3O2/c1-8-4-5-9(6-12)11(14-8)13-7-10(15-2)16-3/h4-5,10H,7H2,1-3H3,(H,13,14). The fourth-order valence-corrected chi connectivity index (χ4v) is 1.22. The summed E-state index contributed by atoms with van der Waals surface area (Å²) >= 11 is 0. The van der Waals surface area contributed by atoms with Crippen molar-refractivity contribution in [3.63, 3.8) is 0 Å². The zero-order chi connectivity index (χ0) is 12.0. The summed E-state index contributed by atoms with van der Waals surface area (Å²) in [6.07, 6.45) is -0.353. The van der Waals surface area contributed by atoms with Gasteiger partial charge in [-0.1, -0.05) is 0 Å². The molecule has 0 aliphatic carbocycles. The molecule has 0 aromatic carbocycles. The molecule has 0 spiro atoms. The third kappa shape index (κ3) is 3.19. The maximum absolute atomic E-state index is 8.90. The van der Waals surface area contributed by atoms with E-state index in [1.807, 2.05) is 6.92 Å². The highest BCUT2D eigenvalue weighted by atomic mass is 16.7. The second kappa shape index (κ2) is 6.05. The van der Waals surface area contributed by atoms with Crippen molar-refractivity contribution in [2.75, 3.05) is 26.1 Å². The third-order valence-electron chi connectivity index (χ3n) is 2.12. The van der Waals surface area contributed by atoms with Gasteiger partial charge in [0.05, 0.1) is 12.1 Å². The Morgan fingerprint density at radius 2 is 2.12 bits per heavy atom. The molecule has 16 heavy (non-hydrogen) atoms. The molecule has 0 saturated carbocycles. The number of ether oxygens (including phenoxy) is 2. The van der Waals surface area contributed by atoms with Crippen LogP contribution in [0.2, 0.25) is 0 Å². The Hall–Kier alpha value is -1.64. The Balaban J connectivity index is 2.73. The number of anilines is 1. The molecule has 1 heterocycles. The van der Waals surface area contributed by atoms with Crippen LogP contribution in [0.1, 0.15) is 11.3 Å². The SMILES string of the molecule is COC(CNc1nc(C)ccc1C#N)OC. The number of methoxy groups -OCH3 is 2. The molecular weight excluding hydrogens is 206 g/mol. The number of hydrogen-bond acceptors (Lipinski definition) is 5. The van der Waals surface area contributed by atoms with Crippen LogP contribution in [0.15, 0.2) is 12.1 Å². The van der Waals surface area contributed by atoms with Gasteiger partial charge >= 0.3 is 0 Å². The molecule has 0 bridgehead atoms. The monoisotopic (exact) mass is 221 g/mol. The van der Waals surface area contributed by atoms with E-state index in [1.165, 1.54) is 0 Å². The predicted molar refractivity (Wildman–Crippen MR) is 60.0 cm³/mol. The molecule has 0 aliphatic heterocycles. The van der Waals surface area contributed by atoms with E-state index in [1.54, 1.807) is 26.4 Å². The molecule has 1 rings (SSSR count). The van der Waals surface area contributed by atoms with Gasteiger partial charge in [-0.15, -0.1) is 0 Å². The topological polar surface area (TPSA) is 67.2 Å². The van der Waals surface area contributed by atoms with Gasteiger partial charge in [0.15, 0.2) is 6.29 Å². The van der Waals surface area contributed by atoms with Crippen molar-refractivity contribution in [3.05, 3.63) is 23.4 Å². The first kappa shape index (κ1) is 12.4. The van der Waals surface area contributed by atoms with Gasteiger partial charge in [0.1, 0.15) is 11.9 Å². The summed E-state index contributed by atoms with van der Waals surface area (Å²) in [5, 5.41) is 11.9. The van der Waals surface area contributed by atoms with Crippen LogP contribution in [0.4, 0.5) is 5.82 Å². The quantitative estimate of drug-likeness (QED) is 0.759. The van der Waals surface area contributed by atoms with Crippen LogP contribution in [0.25, 0.3) is 0 Å². The number of nitrogens with zero attached hydrogens (tertiary/aromatic N) is 2. The van der Waals surface area contributed by atoms with E-state index in [9.17, 15) is 0 Å². The highest BCUT2D eigenvalue weighted by Gasteiger charge is 2.08. The van der Waals surface area contributed by atoms with Gasteiger partial charge in [0.25, 0.3) is 0 Å². The lowest BCUT2D eigenvalue weighted by Gasteiger charge is -2.15. The Kier molecular flexibility index (Phi) is 4.70. The van der Waals surface area contributed by atoms with Crippen molar-refractivity contribution in [3.8, 4) is 6.07 Å². The summed E-state index contributed by atoms with van der Waals surface area (Å²) in [5.74, 6) is 0.557. The fraction of sp³-hybridized carbons (Fsp3) is 0.455. The van der Waals surface area contributed by atoms with Crippen molar-refractivity contribution in [1.82, 2.24) is 4.98 Å². The lowest BCUT2D eigenvalue weighted by molar-refractivity contribution is -0.0914. The van der Waals surface area contributed by atoms with Gasteiger partial charge in [-0.3, -0.25) is 0 Å². The minimum absolute atomic E-state index is 0.353. The number of aryl methyl sites for hydroxylation is 1. The number of pyridine rings is 1. The van der Waals surface area contributed by atoms with E-state index < -0.39 is 0 Å². The maximum Gasteiger partial charge on any atom is 0.173 e. The normalized spacial score (nSPS) is 10.2. The van der Waals surface area contributed by atoms with Gasteiger partial charge in [-0.05, 0) is 19.1 Å². The first-order chi connectivity index (χ1) is 7.71. The van der Waals surface area contributed by atoms with E-state index in [0.717, 1.165) is 5.69 Å². The van der Waals surface area contributed by atoms with Crippen LogP contribution in [0, 0.1) is 18.3 Å². The molecule has 0 radical (unpaired) electrons. The highest BCUT2D eigenvalue weighted by molar-refractivity contribution is 5.52. The molecule has 0 atom stereocenters. The third-order valence-corrected chi connectivity index (χ3v) is 2.12. The molecule has 5 heteroatoms. The summed E-state index contributed by atoms with van der Waals surface area (Å²) < 4.78 is 10.1. The molecule has 0 unspecified atom stereocenters. The Morgan fingerprint density at radius 1 is 1.44 bits per heavy atom. The predicted octanol–water partition coefficient (Wildman–Crippen LogP) is 1.29. The first-order valence-electron chi connectivity index (χ1n) is 4.88. The van der Waals surface area contributed by atoms with Crippen LogP contribution in [-0.2, 0) is 9.47 Å². The van der Waals surface area contributed by atoms with E-state index in [-0.39, 0.29) is 6.29 Å². The van der Waals surface area contributed by atoms with Gasteiger partial charge in [-0.2, -0.15) is 5.26 Å². The Morgan fingerprint density at radius 3 is 2.69 bits per heavy atom. The minimum Gasteiger partial charge on any atom is -0.364 e. The second-order valence-corrected chi connectivity index (χ2v) is 3.24. The zero-order valence-electron chi connectivity index (χ0n) is 9.65. The van der Waals surface area contributed by atoms with Crippen molar-refractivity contribution >= 4 is 5.82 Å². The minimum atomic E-state index is -0.353. The smallest absolute Gasteiger partial charge is 0.173 e. The lowest BCUT2D eigenvalue weighted by atomic mass is 10.2. The number of rotatable bonds is 5. The zero-order valence-corrected chi connectivity index (χ0v) is 9.65. The Bertz CT molecular complexity index is 383. The number of nitriles is 1. The molecule has 0 fully saturated rings. The van der Waals surface area contributed by atoms with E-state index in [0.29, 0.717) is 17.9 Å². The van der Waals surface area contributed by atoms with Crippen LogP contribution in [0.5, 0.6) is 0 Å². The van der Waals surface area contributed by atoms with Crippen LogP contribution in [0.3, 0.4) is 0 Å². The largest absolute Gasteiger partial charge is 0.364 e. The van der Waals surface area contributed by atoms with E-state index in [4.69, 9.17) is 14.7 Å². The molecule has 1 aromatic heterocycles. The number of aromatic nitrogens is 1. The molecule has 1 N–H and O–H groups in total. The Labute approximate surface area is 95.0 Å². The summed E-state index contributed by atoms with van der Waals surface area (Å²) in [4.78, 5) is 4.24. The summed E-state index contributed by atoms with van der Waals surface area (Å²) in [6.45, 7) is 2.31. The molecule has 0 saturated heterocycles. The van der Waals surface area contributed by atoms with Crippen molar-refractivity contribution in [2.45, 2.75) is 13.2 Å². The van der Waals surface area contributed by atoms with Crippen molar-refractivity contribution < 1.29 is 9.47 Å². The average Bonchev–Trinajstić information content (AvgIpc) is 2.30. The molecule has 0 amide bonds. The first-order valence-corrected chi connectivity index (χ1v) is 4.88. The highest BCUT2D eigenvalue weighted by Crippen LogP contribution is 2.12. The van der Waals surface area contributed by atoms with Gasteiger partial charge in [0.2, 0.25) is 0 Å². The lowest BCUT2D eigenvalue weighted by Crippen LogP contribution is -2.24. The molecule has 1 aromatic rings. The summed E-state index contributed by atoms with van der Waals surface area (Å²) in [7, 11) is 3.12. The molecule has 5 nitrogen and oxygen atoms in total. The molecule has 0 aliphatic rings. The van der Waals surface area contributed by atoms with Crippen molar-refractivity contribution in [2.24, 2.45) is 0 Å². The molecule has 86 valence electrons. The van der Waals surface area contributed by atoms with Gasteiger partial charge in [-0.25, -0.2) is 4.98 Å². The number of nitrogens with one attached hydrogen (secondary N) is 1. The maximum atomic E-state index is 8.90. The van der Waals surface area contributed by atoms with E-state index >= 15 is 0 Å². The number of hydrogen-bond donors (Lipinski definition) is 1. The van der Waals surface area contributed by atoms with E-state index in [2.05, 4.69) is 16.4 Å². The summed E-state index contributed by atoms with van der Waals surface area (Å²) in [6, 6.07) is 5.61. The van der Waals surface area contributed by atoms with Crippen LogP contribution in [-0.4, -0.2) is 32.0 Å². The average molecular weight is 221 g/mol. The van der Waals surface area contributed by atoms with Crippen molar-refractivity contribution in [1.29, 1.82) is 5.26 Å². The van der Waals surface area contributed by atoms with Gasteiger partial charge in [0, 0.05) is 19.9 Å². The molecular formula is C11H15N3O2. The van der Waals surface area contributed by atoms with Crippen LogP contribution >= 0.6 is 0 Å². The summed E-state index contributed by atoms with van der Waals surface area (Å²) in [5.41, 5.74) is 1.37. The van der Waals surface area contributed by atoms with Gasteiger partial charge < -0.3 is 14.8 Å². The second-order valence-electron chi connectivity index (χ2n) is 3.24. The van der Waals surface area contributed by atoms with Crippen LogP contribution < -0.4 is 5.32 Å².